The summed E-state index contributed by atoms with van der Waals surface area (Å²) in [5.41, 5.74) is 7.20. The normalized spacial score (nSPS) is 15.0. The van der Waals surface area contributed by atoms with E-state index < -0.39 is 0 Å². The summed E-state index contributed by atoms with van der Waals surface area (Å²) in [6.45, 7) is 4.15. The van der Waals surface area contributed by atoms with Crippen LogP contribution < -0.4 is 5.01 Å². The molecule has 35 heavy (non-hydrogen) atoms. The van der Waals surface area contributed by atoms with Crippen LogP contribution >= 0.6 is 44.2 Å². The highest BCUT2D eigenvalue weighted by molar-refractivity contribution is 9.10. The van der Waals surface area contributed by atoms with Gasteiger partial charge in [-0.25, -0.2) is 9.99 Å². The zero-order valence-electron chi connectivity index (χ0n) is 19.0. The van der Waals surface area contributed by atoms with Crippen molar-refractivity contribution < 1.29 is 4.92 Å². The highest BCUT2D eigenvalue weighted by Gasteiger charge is 2.33. The summed E-state index contributed by atoms with van der Waals surface area (Å²) in [4.78, 5) is 15.9. The second-order valence-corrected chi connectivity index (χ2v) is 10.1. The van der Waals surface area contributed by atoms with Crippen LogP contribution in [0, 0.1) is 24.0 Å². The molecule has 0 spiro atoms. The summed E-state index contributed by atoms with van der Waals surface area (Å²) in [7, 11) is 0. The van der Waals surface area contributed by atoms with Crippen molar-refractivity contribution >= 4 is 60.8 Å². The number of aryl methyl sites for hydroxylation is 2. The predicted octanol–water partition coefficient (Wildman–Crippen LogP) is 8.03. The highest BCUT2D eigenvalue weighted by Crippen LogP contribution is 2.40. The largest absolute Gasteiger partial charge is 0.269 e. The number of anilines is 1. The van der Waals surface area contributed by atoms with Gasteiger partial charge in [0.05, 0.1) is 22.4 Å². The van der Waals surface area contributed by atoms with Crippen molar-refractivity contribution in [2.24, 2.45) is 5.10 Å². The monoisotopic (exact) mass is 612 g/mol. The van der Waals surface area contributed by atoms with Crippen LogP contribution in [0.4, 0.5) is 10.8 Å². The maximum Gasteiger partial charge on any atom is 0.269 e. The van der Waals surface area contributed by atoms with Gasteiger partial charge in [-0.2, -0.15) is 5.10 Å². The SMILES string of the molecule is Br.Cc1ccc(C)c(C2=NN(c3nc(-c4ccc(Br)cc4)cs3)C(c3cccc([N+](=O)[O-])c3)C2)c1. The summed E-state index contributed by atoms with van der Waals surface area (Å²) in [5, 5.41) is 21.1. The zero-order valence-corrected chi connectivity index (χ0v) is 23.1. The molecule has 1 aromatic heterocycles. The summed E-state index contributed by atoms with van der Waals surface area (Å²) in [5.74, 6) is 0. The van der Waals surface area contributed by atoms with Crippen molar-refractivity contribution in [3.63, 3.8) is 0 Å². The number of halogens is 2. The Balaban J connectivity index is 0.00000289. The zero-order chi connectivity index (χ0) is 23.8. The molecule has 5 rings (SSSR count). The quantitative estimate of drug-likeness (QED) is 0.169. The first-order valence-electron chi connectivity index (χ1n) is 10.8. The minimum absolute atomic E-state index is 0. The minimum atomic E-state index is -0.357. The number of thiazole rings is 1. The number of hydrogen-bond donors (Lipinski definition) is 0. The summed E-state index contributed by atoms with van der Waals surface area (Å²) in [6.07, 6.45) is 0.638. The van der Waals surface area contributed by atoms with Crippen LogP contribution in [0.1, 0.15) is 34.7 Å². The van der Waals surface area contributed by atoms with E-state index >= 15 is 0 Å². The van der Waals surface area contributed by atoms with Gasteiger partial charge in [0.15, 0.2) is 0 Å². The number of nitro benzene ring substituents is 1. The summed E-state index contributed by atoms with van der Waals surface area (Å²) < 4.78 is 1.01. The molecule has 1 unspecified atom stereocenters. The molecule has 0 radical (unpaired) electrons. The van der Waals surface area contributed by atoms with Gasteiger partial charge in [0.2, 0.25) is 5.13 Å². The lowest BCUT2D eigenvalue weighted by atomic mass is 9.95. The smallest absolute Gasteiger partial charge is 0.258 e. The molecular formula is C26H22Br2N4O2S. The van der Waals surface area contributed by atoms with E-state index in [-0.39, 0.29) is 33.6 Å². The third-order valence-corrected chi connectivity index (χ3v) is 7.27. The van der Waals surface area contributed by atoms with E-state index in [2.05, 4.69) is 48.0 Å². The Labute approximate surface area is 226 Å². The van der Waals surface area contributed by atoms with Gasteiger partial charge < -0.3 is 0 Å². The third-order valence-electron chi connectivity index (χ3n) is 5.91. The Bertz CT molecular complexity index is 1420. The van der Waals surface area contributed by atoms with Gasteiger partial charge in [0.1, 0.15) is 0 Å². The van der Waals surface area contributed by atoms with E-state index in [1.54, 1.807) is 12.1 Å². The van der Waals surface area contributed by atoms with Crippen molar-refractivity contribution in [3.05, 3.63) is 109 Å². The molecular weight excluding hydrogens is 592 g/mol. The van der Waals surface area contributed by atoms with Crippen LogP contribution in [0.2, 0.25) is 0 Å². The topological polar surface area (TPSA) is 71.6 Å². The van der Waals surface area contributed by atoms with E-state index in [0.717, 1.165) is 43.3 Å². The van der Waals surface area contributed by atoms with Gasteiger partial charge in [0, 0.05) is 39.5 Å². The first-order valence-corrected chi connectivity index (χ1v) is 12.5. The molecule has 1 aliphatic rings. The van der Waals surface area contributed by atoms with Crippen LogP contribution in [0.5, 0.6) is 0 Å². The maximum atomic E-state index is 11.4. The fraction of sp³-hybridized carbons (Fsp3) is 0.154. The summed E-state index contributed by atoms with van der Waals surface area (Å²) >= 11 is 5.00. The van der Waals surface area contributed by atoms with Crippen LogP contribution in [-0.4, -0.2) is 15.6 Å². The molecule has 0 bridgehead atoms. The molecule has 0 aliphatic carbocycles. The number of nitrogens with zero attached hydrogens (tertiary/aromatic N) is 4. The van der Waals surface area contributed by atoms with Crippen molar-refractivity contribution in [1.82, 2.24) is 4.98 Å². The molecule has 4 aromatic rings. The highest BCUT2D eigenvalue weighted by atomic mass is 79.9. The van der Waals surface area contributed by atoms with Crippen molar-refractivity contribution in [3.8, 4) is 11.3 Å². The van der Waals surface area contributed by atoms with Crippen LogP contribution in [-0.2, 0) is 0 Å². The van der Waals surface area contributed by atoms with E-state index in [1.165, 1.54) is 23.0 Å². The molecule has 3 aromatic carbocycles. The predicted molar refractivity (Wildman–Crippen MR) is 151 cm³/mol. The first kappa shape index (κ1) is 25.2. The lowest BCUT2D eigenvalue weighted by Gasteiger charge is -2.21. The molecule has 9 heteroatoms. The van der Waals surface area contributed by atoms with Crippen LogP contribution in [0.25, 0.3) is 11.3 Å². The van der Waals surface area contributed by atoms with Crippen LogP contribution in [0.15, 0.2) is 81.7 Å². The van der Waals surface area contributed by atoms with Crippen LogP contribution in [0.3, 0.4) is 0 Å². The number of nitro groups is 1. The van der Waals surface area contributed by atoms with Crippen molar-refractivity contribution in [2.75, 3.05) is 5.01 Å². The molecule has 1 aliphatic heterocycles. The van der Waals surface area contributed by atoms with Gasteiger partial charge in [-0.3, -0.25) is 10.1 Å². The van der Waals surface area contributed by atoms with E-state index in [0.29, 0.717) is 6.42 Å². The van der Waals surface area contributed by atoms with Gasteiger partial charge >= 0.3 is 0 Å². The number of aromatic nitrogens is 1. The fourth-order valence-electron chi connectivity index (χ4n) is 4.12. The second-order valence-electron chi connectivity index (χ2n) is 8.30. The van der Waals surface area contributed by atoms with Crippen molar-refractivity contribution in [1.29, 1.82) is 0 Å². The first-order chi connectivity index (χ1) is 16.4. The number of hydrazone groups is 1. The van der Waals surface area contributed by atoms with E-state index in [1.807, 2.05) is 40.7 Å². The number of hydrogen-bond acceptors (Lipinski definition) is 6. The van der Waals surface area contributed by atoms with E-state index in [4.69, 9.17) is 10.1 Å². The standard InChI is InChI=1S/C26H21BrN4O2S.BrH/c1-16-6-7-17(2)22(12-16)23-14-25(19-4-3-5-21(13-19)31(32)33)30(29-23)26-28-24(15-34-26)18-8-10-20(27)11-9-18;/h3-13,15,25H,14H2,1-2H3;1H. The Kier molecular flexibility index (Phi) is 7.49. The Morgan fingerprint density at radius 1 is 1.09 bits per heavy atom. The maximum absolute atomic E-state index is 11.4. The molecule has 0 fully saturated rings. The Morgan fingerprint density at radius 3 is 2.60 bits per heavy atom. The lowest BCUT2D eigenvalue weighted by Crippen LogP contribution is -2.18. The fourth-order valence-corrected chi connectivity index (χ4v) is 5.22. The second kappa shape index (κ2) is 10.4. The van der Waals surface area contributed by atoms with Gasteiger partial charge in [-0.1, -0.05) is 57.9 Å². The number of non-ortho nitro benzene ring substituents is 1. The molecule has 178 valence electrons. The molecule has 1 atom stereocenters. The number of rotatable bonds is 5. The Morgan fingerprint density at radius 2 is 1.86 bits per heavy atom. The average Bonchev–Trinajstić information content (AvgIpc) is 3.49. The van der Waals surface area contributed by atoms with Gasteiger partial charge in [-0.05, 0) is 43.2 Å². The molecule has 6 nitrogen and oxygen atoms in total. The van der Waals surface area contributed by atoms with Gasteiger partial charge in [-0.15, -0.1) is 28.3 Å². The molecule has 2 heterocycles. The molecule has 0 amide bonds. The average molecular weight is 614 g/mol. The van der Waals surface area contributed by atoms with Crippen molar-refractivity contribution in [2.45, 2.75) is 26.3 Å². The summed E-state index contributed by atoms with van der Waals surface area (Å²) in [6, 6.07) is 21.0. The third kappa shape index (κ3) is 5.22. The molecule has 0 saturated heterocycles. The molecule has 0 N–H and O–H groups in total. The lowest BCUT2D eigenvalue weighted by molar-refractivity contribution is -0.384. The van der Waals surface area contributed by atoms with Gasteiger partial charge in [0.25, 0.3) is 5.69 Å². The Hall–Kier alpha value is -2.88. The number of benzene rings is 3. The minimum Gasteiger partial charge on any atom is -0.258 e. The van der Waals surface area contributed by atoms with E-state index in [9.17, 15) is 10.1 Å². The molecule has 0 saturated carbocycles.